The molecule has 7 heteroatoms. The molecule has 1 aliphatic carbocycles. The predicted molar refractivity (Wildman–Crippen MR) is 105 cm³/mol. The quantitative estimate of drug-likeness (QED) is 0.789. The second-order valence-electron chi connectivity index (χ2n) is 7.58. The van der Waals surface area contributed by atoms with Crippen molar-refractivity contribution in [2.24, 2.45) is 5.92 Å². The molecule has 2 aliphatic rings. The van der Waals surface area contributed by atoms with Crippen LogP contribution in [0.3, 0.4) is 0 Å². The van der Waals surface area contributed by atoms with E-state index >= 15 is 0 Å². The number of rotatable bonds is 5. The number of hydrogen-bond donors (Lipinski definition) is 1. The maximum Gasteiger partial charge on any atom is 0.274 e. The summed E-state index contributed by atoms with van der Waals surface area (Å²) in [6, 6.07) is 6.38. The van der Waals surface area contributed by atoms with Gasteiger partial charge >= 0.3 is 0 Å². The molecule has 150 valence electrons. The molecule has 1 amide bonds. The van der Waals surface area contributed by atoms with E-state index in [0.29, 0.717) is 44.5 Å². The molecule has 0 saturated carbocycles. The normalized spacial score (nSPS) is 16.9. The maximum absolute atomic E-state index is 14.3. The number of halogens is 1. The molecule has 0 radical (unpaired) electrons. The Balaban J connectivity index is 1.37. The van der Waals surface area contributed by atoms with Crippen molar-refractivity contribution in [2.45, 2.75) is 32.1 Å². The zero-order chi connectivity index (χ0) is 20.4. The van der Waals surface area contributed by atoms with Crippen LogP contribution in [-0.2, 0) is 16.0 Å². The lowest BCUT2D eigenvalue weighted by Gasteiger charge is -2.31. The van der Waals surface area contributed by atoms with E-state index in [0.717, 1.165) is 5.56 Å². The highest BCUT2D eigenvalue weighted by atomic mass is 19.1. The number of carbonyl (C=O) groups is 3. The minimum Gasteiger partial charge on any atom is -0.337 e. The third kappa shape index (κ3) is 3.90. The van der Waals surface area contributed by atoms with Gasteiger partial charge in [0.2, 0.25) is 11.6 Å². The maximum atomic E-state index is 14.3. The number of H-pyrrole nitrogens is 1. The van der Waals surface area contributed by atoms with Crippen LogP contribution in [0.1, 0.15) is 47.3 Å². The summed E-state index contributed by atoms with van der Waals surface area (Å²) in [4.78, 5) is 39.4. The first-order valence-electron chi connectivity index (χ1n) is 9.89. The summed E-state index contributed by atoms with van der Waals surface area (Å²) in [7, 11) is 0. The molecule has 1 aliphatic heterocycles. The summed E-state index contributed by atoms with van der Waals surface area (Å²) in [6.07, 6.45) is 6.00. The first kappa shape index (κ1) is 19.2. The van der Waals surface area contributed by atoms with E-state index in [1.165, 1.54) is 6.07 Å². The highest BCUT2D eigenvalue weighted by Crippen LogP contribution is 2.31. The Bertz CT molecular complexity index is 973. The van der Waals surface area contributed by atoms with Gasteiger partial charge in [-0.3, -0.25) is 19.5 Å². The molecule has 1 N–H and O–H groups in total. The van der Waals surface area contributed by atoms with Crippen molar-refractivity contribution in [3.05, 3.63) is 59.2 Å². The Labute approximate surface area is 167 Å². The van der Waals surface area contributed by atoms with E-state index < -0.39 is 17.4 Å². The third-order valence-electron chi connectivity index (χ3n) is 5.72. The number of amides is 1. The van der Waals surface area contributed by atoms with Gasteiger partial charge in [-0.1, -0.05) is 18.2 Å². The molecular formula is C22H22FN3O3. The average molecular weight is 395 g/mol. The van der Waals surface area contributed by atoms with Crippen molar-refractivity contribution < 1.29 is 18.8 Å². The molecule has 2 aromatic rings. The second kappa shape index (κ2) is 8.11. The van der Waals surface area contributed by atoms with E-state index in [1.54, 1.807) is 35.4 Å². The van der Waals surface area contributed by atoms with Gasteiger partial charge < -0.3 is 4.90 Å². The molecule has 1 saturated heterocycles. The number of carbonyl (C=O) groups excluding carboxylic acids is 3. The second-order valence-corrected chi connectivity index (χ2v) is 7.58. The van der Waals surface area contributed by atoms with Crippen LogP contribution < -0.4 is 0 Å². The molecule has 0 spiro atoms. The van der Waals surface area contributed by atoms with Crippen LogP contribution in [-0.4, -0.2) is 45.7 Å². The molecule has 29 heavy (non-hydrogen) atoms. The summed E-state index contributed by atoms with van der Waals surface area (Å²) >= 11 is 0. The van der Waals surface area contributed by atoms with Gasteiger partial charge in [0.1, 0.15) is 11.5 Å². The number of ketones is 2. The summed E-state index contributed by atoms with van der Waals surface area (Å²) in [6.45, 7) is 1.05. The number of piperidine rings is 1. The number of aryl methyl sites for hydroxylation is 1. The van der Waals surface area contributed by atoms with Crippen molar-refractivity contribution in [2.75, 3.05) is 13.1 Å². The lowest BCUT2D eigenvalue weighted by molar-refractivity contribution is -0.134. The van der Waals surface area contributed by atoms with Crippen LogP contribution in [0.25, 0.3) is 5.57 Å². The summed E-state index contributed by atoms with van der Waals surface area (Å²) in [5.41, 5.74) is 1.62. The zero-order valence-electron chi connectivity index (χ0n) is 16.0. The fourth-order valence-electron chi connectivity index (χ4n) is 4.15. The van der Waals surface area contributed by atoms with Gasteiger partial charge in [0.25, 0.3) is 5.91 Å². The van der Waals surface area contributed by atoms with Gasteiger partial charge in [-0.05, 0) is 49.3 Å². The molecule has 2 heterocycles. The van der Waals surface area contributed by atoms with Crippen LogP contribution >= 0.6 is 0 Å². The van der Waals surface area contributed by atoms with Crippen molar-refractivity contribution in [1.82, 2.24) is 15.1 Å². The molecule has 1 fully saturated rings. The fourth-order valence-corrected chi connectivity index (χ4v) is 4.15. The monoisotopic (exact) mass is 395 g/mol. The summed E-state index contributed by atoms with van der Waals surface area (Å²) < 4.78 is 14.3. The number of benzene rings is 1. The SMILES string of the molecule is O=C(CC1CCN(C(=O)c2cc[nH]n2)CC1)C(=O)C1=CCCc2cccc(F)c21. The van der Waals surface area contributed by atoms with Gasteiger partial charge in [-0.2, -0.15) is 5.10 Å². The lowest BCUT2D eigenvalue weighted by Crippen LogP contribution is -2.39. The highest BCUT2D eigenvalue weighted by molar-refractivity contribution is 6.54. The van der Waals surface area contributed by atoms with Crippen molar-refractivity contribution in [1.29, 1.82) is 0 Å². The van der Waals surface area contributed by atoms with Gasteiger partial charge in [0.05, 0.1) is 0 Å². The van der Waals surface area contributed by atoms with Crippen LogP contribution in [0.15, 0.2) is 36.5 Å². The van der Waals surface area contributed by atoms with Crippen molar-refractivity contribution in [3.63, 3.8) is 0 Å². The number of likely N-dealkylation sites (tertiary alicyclic amines) is 1. The van der Waals surface area contributed by atoms with Crippen molar-refractivity contribution in [3.8, 4) is 0 Å². The number of hydrogen-bond acceptors (Lipinski definition) is 4. The first-order chi connectivity index (χ1) is 14.0. The topological polar surface area (TPSA) is 83.1 Å². The van der Waals surface area contributed by atoms with Crippen LogP contribution in [0.2, 0.25) is 0 Å². The Morgan fingerprint density at radius 2 is 1.97 bits per heavy atom. The molecular weight excluding hydrogens is 373 g/mol. The largest absolute Gasteiger partial charge is 0.337 e. The smallest absolute Gasteiger partial charge is 0.274 e. The Morgan fingerprint density at radius 1 is 1.17 bits per heavy atom. The lowest BCUT2D eigenvalue weighted by atomic mass is 9.84. The predicted octanol–water partition coefficient (Wildman–Crippen LogP) is 2.96. The number of allylic oxidation sites excluding steroid dienone is 2. The van der Waals surface area contributed by atoms with E-state index in [2.05, 4.69) is 10.2 Å². The standard InChI is InChI=1S/C22H22FN3O3/c23-17-6-2-4-15-3-1-5-16(20(15)17)21(28)19(27)13-14-8-11-26(12-9-14)22(29)18-7-10-24-25-18/h2,4-7,10,14H,1,3,8-9,11-13H2,(H,24,25). The molecule has 1 aromatic carbocycles. The van der Waals surface area contributed by atoms with Gasteiger partial charge in [-0.15, -0.1) is 0 Å². The minimum atomic E-state index is -0.605. The van der Waals surface area contributed by atoms with Gasteiger partial charge in [0, 0.05) is 36.8 Å². The zero-order valence-corrected chi connectivity index (χ0v) is 16.0. The first-order valence-corrected chi connectivity index (χ1v) is 9.89. The molecule has 0 atom stereocenters. The Morgan fingerprint density at radius 3 is 2.69 bits per heavy atom. The highest BCUT2D eigenvalue weighted by Gasteiger charge is 2.30. The van der Waals surface area contributed by atoms with E-state index in [1.807, 2.05) is 0 Å². The molecule has 1 aromatic heterocycles. The van der Waals surface area contributed by atoms with Crippen LogP contribution in [0.4, 0.5) is 4.39 Å². The van der Waals surface area contributed by atoms with E-state index in [4.69, 9.17) is 0 Å². The van der Waals surface area contributed by atoms with Crippen LogP contribution in [0, 0.1) is 11.7 Å². The summed E-state index contributed by atoms with van der Waals surface area (Å²) in [5, 5.41) is 6.54. The van der Waals surface area contributed by atoms with Gasteiger partial charge in [0.15, 0.2) is 0 Å². The number of aromatic nitrogens is 2. The van der Waals surface area contributed by atoms with Crippen molar-refractivity contribution >= 4 is 23.0 Å². The third-order valence-corrected chi connectivity index (χ3v) is 5.72. The van der Waals surface area contributed by atoms with Gasteiger partial charge in [-0.25, -0.2) is 4.39 Å². The number of fused-ring (bicyclic) bond motifs is 1. The molecule has 6 nitrogen and oxygen atoms in total. The number of nitrogens with one attached hydrogen (secondary N) is 1. The van der Waals surface area contributed by atoms with E-state index in [-0.39, 0.29) is 29.4 Å². The average Bonchev–Trinajstić information content (AvgIpc) is 3.28. The minimum absolute atomic E-state index is 0.0407. The Kier molecular flexibility index (Phi) is 5.38. The molecule has 4 rings (SSSR count). The number of aromatic amines is 1. The fraction of sp³-hybridized carbons (Fsp3) is 0.364. The summed E-state index contributed by atoms with van der Waals surface area (Å²) in [5.74, 6) is -1.64. The molecule has 0 unspecified atom stereocenters. The number of nitrogens with zero attached hydrogens (tertiary/aromatic N) is 2. The molecule has 0 bridgehead atoms. The Hall–Kier alpha value is -3.09. The number of Topliss-reactive ketones (excluding diaryl/α,β-unsaturated/α-hetero) is 2. The van der Waals surface area contributed by atoms with E-state index in [9.17, 15) is 18.8 Å². The van der Waals surface area contributed by atoms with Crippen LogP contribution in [0.5, 0.6) is 0 Å².